The molecule has 0 heterocycles. The highest BCUT2D eigenvalue weighted by molar-refractivity contribution is 4.69. The Kier molecular flexibility index (Phi) is 17.4. The molecule has 0 aromatic carbocycles. The molecule has 2 atom stereocenters. The molecular weight excluding hydrogens is 264 g/mol. The first-order valence-corrected chi connectivity index (χ1v) is 10.5. The van der Waals surface area contributed by atoms with Gasteiger partial charge in [-0.1, -0.05) is 118 Å². The molecule has 0 spiro atoms. The van der Waals surface area contributed by atoms with E-state index in [9.17, 15) is 0 Å². The molecule has 1 radical (unpaired) electrons. The molecule has 133 valence electrons. The molecule has 0 saturated heterocycles. The summed E-state index contributed by atoms with van der Waals surface area (Å²) < 4.78 is 0. The zero-order chi connectivity index (χ0) is 16.5. The average Bonchev–Trinajstić information content (AvgIpc) is 2.51. The minimum atomic E-state index is 0.910. The van der Waals surface area contributed by atoms with Crippen molar-refractivity contribution in [2.24, 2.45) is 11.8 Å². The highest BCUT2D eigenvalue weighted by atomic mass is 14.1. The van der Waals surface area contributed by atoms with E-state index < -0.39 is 0 Å². The van der Waals surface area contributed by atoms with Crippen molar-refractivity contribution in [3.8, 4) is 0 Å². The van der Waals surface area contributed by atoms with Gasteiger partial charge in [-0.05, 0) is 24.7 Å². The van der Waals surface area contributed by atoms with Crippen LogP contribution in [0, 0.1) is 18.3 Å². The Hall–Kier alpha value is 0. The standard InChI is InChI=1S/C22H45/c1-5-7-9-11-14-18-22(4)20-16-12-15-19-21(3)17-13-10-8-6-2/h16,21-22H,5-15,17-20H2,1-4H3. The topological polar surface area (TPSA) is 0 Å². The molecular formula is C22H45. The summed E-state index contributed by atoms with van der Waals surface area (Å²) in [5.74, 6) is 1.86. The number of hydrogen-bond acceptors (Lipinski definition) is 0. The maximum Gasteiger partial charge on any atom is -0.0383 e. The van der Waals surface area contributed by atoms with E-state index in [1.807, 2.05) is 0 Å². The van der Waals surface area contributed by atoms with Crippen LogP contribution in [0.25, 0.3) is 0 Å². The highest BCUT2D eigenvalue weighted by Gasteiger charge is 2.04. The molecule has 22 heavy (non-hydrogen) atoms. The third-order valence-electron chi connectivity index (χ3n) is 5.03. The van der Waals surface area contributed by atoms with E-state index in [0.29, 0.717) is 0 Å². The van der Waals surface area contributed by atoms with Crippen molar-refractivity contribution < 1.29 is 0 Å². The van der Waals surface area contributed by atoms with Gasteiger partial charge in [-0.25, -0.2) is 0 Å². The van der Waals surface area contributed by atoms with Crippen LogP contribution in [0.15, 0.2) is 0 Å². The van der Waals surface area contributed by atoms with Gasteiger partial charge in [0.05, 0.1) is 0 Å². The SMILES string of the molecule is CCCCCCCC(C)C[CH]CCCC(C)CCCCCC. The van der Waals surface area contributed by atoms with Crippen LogP contribution in [0.4, 0.5) is 0 Å². The minimum absolute atomic E-state index is 0.910. The summed E-state index contributed by atoms with van der Waals surface area (Å²) >= 11 is 0. The van der Waals surface area contributed by atoms with Crippen LogP contribution in [0.5, 0.6) is 0 Å². The smallest absolute Gasteiger partial charge is 0.0383 e. The van der Waals surface area contributed by atoms with E-state index in [1.165, 1.54) is 96.3 Å². The first-order valence-electron chi connectivity index (χ1n) is 10.5. The lowest BCUT2D eigenvalue weighted by molar-refractivity contribution is 0.437. The normalized spacial score (nSPS) is 14.2. The van der Waals surface area contributed by atoms with Gasteiger partial charge in [-0.15, -0.1) is 0 Å². The van der Waals surface area contributed by atoms with Gasteiger partial charge in [0, 0.05) is 0 Å². The van der Waals surface area contributed by atoms with Gasteiger partial charge in [0.25, 0.3) is 0 Å². The molecule has 0 rings (SSSR count). The summed E-state index contributed by atoms with van der Waals surface area (Å²) in [5, 5.41) is 0. The summed E-state index contributed by atoms with van der Waals surface area (Å²) in [7, 11) is 0. The molecule has 0 saturated carbocycles. The van der Waals surface area contributed by atoms with Gasteiger partial charge < -0.3 is 0 Å². The number of unbranched alkanes of at least 4 members (excludes halogenated alkanes) is 9. The van der Waals surface area contributed by atoms with Gasteiger partial charge in [0.15, 0.2) is 0 Å². The van der Waals surface area contributed by atoms with Crippen molar-refractivity contribution in [1.82, 2.24) is 0 Å². The van der Waals surface area contributed by atoms with Gasteiger partial charge in [0.1, 0.15) is 0 Å². The molecule has 0 nitrogen and oxygen atoms in total. The van der Waals surface area contributed by atoms with Crippen LogP contribution >= 0.6 is 0 Å². The van der Waals surface area contributed by atoms with Gasteiger partial charge in [-0.3, -0.25) is 0 Å². The third kappa shape index (κ3) is 16.4. The summed E-state index contributed by atoms with van der Waals surface area (Å²) in [6.45, 7) is 9.48. The quantitative estimate of drug-likeness (QED) is 0.237. The van der Waals surface area contributed by atoms with Crippen LogP contribution in [-0.2, 0) is 0 Å². The fourth-order valence-electron chi connectivity index (χ4n) is 3.29. The summed E-state index contributed by atoms with van der Waals surface area (Å²) in [6, 6.07) is 0. The maximum atomic E-state index is 2.57. The lowest BCUT2D eigenvalue weighted by Gasteiger charge is -2.13. The zero-order valence-corrected chi connectivity index (χ0v) is 16.3. The Bertz CT molecular complexity index is 196. The molecule has 0 aliphatic carbocycles. The first-order chi connectivity index (χ1) is 10.7. The minimum Gasteiger partial charge on any atom is -0.0654 e. The largest absolute Gasteiger partial charge is 0.0654 e. The van der Waals surface area contributed by atoms with Crippen LogP contribution < -0.4 is 0 Å². The van der Waals surface area contributed by atoms with Crippen molar-refractivity contribution in [2.45, 2.75) is 124 Å². The van der Waals surface area contributed by atoms with E-state index in [-0.39, 0.29) is 0 Å². The summed E-state index contributed by atoms with van der Waals surface area (Å²) in [4.78, 5) is 0. The van der Waals surface area contributed by atoms with E-state index in [4.69, 9.17) is 0 Å². The highest BCUT2D eigenvalue weighted by Crippen LogP contribution is 2.20. The van der Waals surface area contributed by atoms with Crippen LogP contribution in [0.2, 0.25) is 0 Å². The Morgan fingerprint density at radius 3 is 1.73 bits per heavy atom. The van der Waals surface area contributed by atoms with Crippen molar-refractivity contribution in [1.29, 1.82) is 0 Å². The average molecular weight is 310 g/mol. The second-order valence-corrected chi connectivity index (χ2v) is 7.72. The molecule has 0 amide bonds. The lowest BCUT2D eigenvalue weighted by atomic mass is 9.93. The van der Waals surface area contributed by atoms with Crippen LogP contribution in [0.1, 0.15) is 124 Å². The predicted octanol–water partition coefficient (Wildman–Crippen LogP) is 8.35. The molecule has 0 heteroatoms. The van der Waals surface area contributed by atoms with Crippen LogP contribution in [0.3, 0.4) is 0 Å². The van der Waals surface area contributed by atoms with E-state index >= 15 is 0 Å². The molecule has 0 aliphatic rings. The number of hydrogen-bond donors (Lipinski definition) is 0. The summed E-state index contributed by atoms with van der Waals surface area (Å²) in [6.07, 6.45) is 23.8. The van der Waals surface area contributed by atoms with Crippen molar-refractivity contribution in [2.75, 3.05) is 0 Å². The van der Waals surface area contributed by atoms with Crippen molar-refractivity contribution in [3.05, 3.63) is 6.42 Å². The van der Waals surface area contributed by atoms with Crippen molar-refractivity contribution >= 4 is 0 Å². The van der Waals surface area contributed by atoms with Gasteiger partial charge in [0.2, 0.25) is 0 Å². The van der Waals surface area contributed by atoms with Gasteiger partial charge in [-0.2, -0.15) is 0 Å². The third-order valence-corrected chi connectivity index (χ3v) is 5.03. The van der Waals surface area contributed by atoms with Gasteiger partial charge >= 0.3 is 0 Å². The molecule has 0 fully saturated rings. The van der Waals surface area contributed by atoms with E-state index in [2.05, 4.69) is 34.1 Å². The zero-order valence-electron chi connectivity index (χ0n) is 16.3. The Morgan fingerprint density at radius 2 is 1.09 bits per heavy atom. The summed E-state index contributed by atoms with van der Waals surface area (Å²) in [5.41, 5.74) is 0. The van der Waals surface area contributed by atoms with Crippen molar-refractivity contribution in [3.63, 3.8) is 0 Å². The molecule has 0 bridgehead atoms. The Morgan fingerprint density at radius 1 is 0.591 bits per heavy atom. The first kappa shape index (κ1) is 22.0. The molecule has 0 aromatic rings. The monoisotopic (exact) mass is 309 g/mol. The second-order valence-electron chi connectivity index (χ2n) is 7.72. The fourth-order valence-corrected chi connectivity index (χ4v) is 3.29. The molecule has 0 aliphatic heterocycles. The fraction of sp³-hybridized carbons (Fsp3) is 0.955. The Labute approximate surface area is 142 Å². The lowest BCUT2D eigenvalue weighted by Crippen LogP contribution is -1.98. The number of rotatable bonds is 17. The van der Waals surface area contributed by atoms with E-state index in [1.54, 1.807) is 0 Å². The maximum absolute atomic E-state index is 2.57. The van der Waals surface area contributed by atoms with E-state index in [0.717, 1.165) is 11.8 Å². The molecule has 2 unspecified atom stereocenters. The molecule has 0 N–H and O–H groups in total. The molecule has 0 aromatic heterocycles. The predicted molar refractivity (Wildman–Crippen MR) is 103 cm³/mol. The van der Waals surface area contributed by atoms with Crippen LogP contribution in [-0.4, -0.2) is 0 Å². The Balaban J connectivity index is 3.26. The second kappa shape index (κ2) is 17.4.